The van der Waals surface area contributed by atoms with E-state index in [-0.39, 0.29) is 6.04 Å². The minimum atomic E-state index is -0.145. The summed E-state index contributed by atoms with van der Waals surface area (Å²) in [5.74, 6) is 1.36. The molecule has 2 aromatic heterocycles. The molecular formula is C16H17N3O2. The van der Waals surface area contributed by atoms with Crippen LogP contribution in [0.2, 0.25) is 0 Å². The van der Waals surface area contributed by atoms with Crippen LogP contribution in [0.3, 0.4) is 0 Å². The van der Waals surface area contributed by atoms with Gasteiger partial charge in [0.1, 0.15) is 23.7 Å². The number of rotatable bonds is 4. The number of ether oxygens (including phenoxy) is 1. The van der Waals surface area contributed by atoms with E-state index in [4.69, 9.17) is 9.15 Å². The average Bonchev–Trinajstić information content (AvgIpc) is 2.93. The Morgan fingerprint density at radius 2 is 2.10 bits per heavy atom. The highest BCUT2D eigenvalue weighted by Crippen LogP contribution is 2.29. The standard InChI is InChI=1S/C16H17N3O2/c1-10-5-4-6-11-7-13(21-16(10)11)15(17-2)12-8-14(20-3)19-9-18-12/h4-9,15,17H,1-3H3. The lowest BCUT2D eigenvalue weighted by Crippen LogP contribution is -2.18. The van der Waals surface area contributed by atoms with Gasteiger partial charge in [-0.3, -0.25) is 0 Å². The largest absolute Gasteiger partial charge is 0.481 e. The maximum atomic E-state index is 6.02. The summed E-state index contributed by atoms with van der Waals surface area (Å²) in [5, 5.41) is 4.32. The van der Waals surface area contributed by atoms with Crippen LogP contribution >= 0.6 is 0 Å². The fourth-order valence-corrected chi connectivity index (χ4v) is 2.43. The minimum absolute atomic E-state index is 0.145. The van der Waals surface area contributed by atoms with Crippen LogP contribution in [0.5, 0.6) is 5.88 Å². The second kappa shape index (κ2) is 5.54. The van der Waals surface area contributed by atoms with Gasteiger partial charge in [0.2, 0.25) is 5.88 Å². The second-order valence-electron chi connectivity index (χ2n) is 4.85. The molecule has 2 heterocycles. The Balaban J connectivity index is 2.07. The number of hydrogen-bond acceptors (Lipinski definition) is 5. The Kier molecular flexibility index (Phi) is 3.58. The number of methoxy groups -OCH3 is 1. The first kappa shape index (κ1) is 13.6. The lowest BCUT2D eigenvalue weighted by Gasteiger charge is -2.13. The van der Waals surface area contributed by atoms with Gasteiger partial charge in [-0.1, -0.05) is 18.2 Å². The predicted octanol–water partition coefficient (Wildman–Crippen LogP) is 2.85. The molecule has 5 nitrogen and oxygen atoms in total. The number of aryl methyl sites for hydroxylation is 1. The minimum Gasteiger partial charge on any atom is -0.481 e. The van der Waals surface area contributed by atoms with Crippen LogP contribution in [0.4, 0.5) is 0 Å². The van der Waals surface area contributed by atoms with Crippen molar-refractivity contribution in [3.8, 4) is 5.88 Å². The number of para-hydroxylation sites is 1. The molecule has 1 N–H and O–H groups in total. The van der Waals surface area contributed by atoms with Crippen molar-refractivity contribution in [2.24, 2.45) is 0 Å². The molecule has 0 aliphatic heterocycles. The van der Waals surface area contributed by atoms with Crippen molar-refractivity contribution in [2.45, 2.75) is 13.0 Å². The summed E-state index contributed by atoms with van der Waals surface area (Å²) in [4.78, 5) is 8.35. The molecule has 1 atom stereocenters. The van der Waals surface area contributed by atoms with Gasteiger partial charge in [0, 0.05) is 11.5 Å². The SMILES string of the molecule is CNC(c1cc(OC)ncn1)c1cc2cccc(C)c2o1. The molecule has 3 aromatic rings. The number of nitrogens with one attached hydrogen (secondary N) is 1. The van der Waals surface area contributed by atoms with E-state index < -0.39 is 0 Å². The first-order valence-electron chi connectivity index (χ1n) is 6.75. The van der Waals surface area contributed by atoms with Crippen LogP contribution < -0.4 is 10.1 Å². The van der Waals surface area contributed by atoms with Crippen LogP contribution in [0.1, 0.15) is 23.1 Å². The van der Waals surface area contributed by atoms with E-state index in [9.17, 15) is 0 Å². The third kappa shape index (κ3) is 2.48. The summed E-state index contributed by atoms with van der Waals surface area (Å²) in [6.45, 7) is 2.04. The lowest BCUT2D eigenvalue weighted by atomic mass is 10.1. The molecule has 5 heteroatoms. The summed E-state index contributed by atoms with van der Waals surface area (Å²) in [6, 6.07) is 9.81. The molecule has 0 saturated heterocycles. The van der Waals surface area contributed by atoms with Gasteiger partial charge in [0.05, 0.1) is 12.8 Å². The van der Waals surface area contributed by atoms with E-state index in [1.54, 1.807) is 13.2 Å². The van der Waals surface area contributed by atoms with Gasteiger partial charge in [-0.25, -0.2) is 9.97 Å². The third-order valence-corrected chi connectivity index (χ3v) is 3.50. The zero-order valence-electron chi connectivity index (χ0n) is 12.3. The van der Waals surface area contributed by atoms with E-state index in [1.807, 2.05) is 38.2 Å². The molecule has 0 fully saturated rings. The zero-order valence-corrected chi connectivity index (χ0v) is 12.3. The smallest absolute Gasteiger partial charge is 0.216 e. The maximum absolute atomic E-state index is 6.02. The van der Waals surface area contributed by atoms with Crippen LogP contribution in [-0.4, -0.2) is 24.1 Å². The van der Waals surface area contributed by atoms with Crippen molar-refractivity contribution in [1.29, 1.82) is 0 Å². The van der Waals surface area contributed by atoms with Gasteiger partial charge >= 0.3 is 0 Å². The number of furan rings is 1. The predicted molar refractivity (Wildman–Crippen MR) is 80.4 cm³/mol. The quantitative estimate of drug-likeness (QED) is 0.797. The number of benzene rings is 1. The summed E-state index contributed by atoms with van der Waals surface area (Å²) in [5.41, 5.74) is 2.84. The number of hydrogen-bond donors (Lipinski definition) is 1. The summed E-state index contributed by atoms with van der Waals surface area (Å²) < 4.78 is 11.2. The topological polar surface area (TPSA) is 60.2 Å². The van der Waals surface area contributed by atoms with E-state index in [0.717, 1.165) is 28.0 Å². The highest BCUT2D eigenvalue weighted by Gasteiger charge is 2.19. The maximum Gasteiger partial charge on any atom is 0.216 e. The van der Waals surface area contributed by atoms with E-state index in [0.29, 0.717) is 5.88 Å². The molecule has 1 aromatic carbocycles. The van der Waals surface area contributed by atoms with Gasteiger partial charge in [-0.2, -0.15) is 0 Å². The summed E-state index contributed by atoms with van der Waals surface area (Å²) in [6.07, 6.45) is 1.49. The van der Waals surface area contributed by atoms with E-state index in [1.165, 1.54) is 6.33 Å². The molecule has 0 amide bonds. The lowest BCUT2D eigenvalue weighted by molar-refractivity contribution is 0.394. The van der Waals surface area contributed by atoms with Crippen LogP contribution in [0.15, 0.2) is 41.1 Å². The normalized spacial score (nSPS) is 12.5. The number of aromatic nitrogens is 2. The molecule has 0 saturated carbocycles. The molecule has 3 rings (SSSR count). The van der Waals surface area contributed by atoms with Crippen molar-refractivity contribution < 1.29 is 9.15 Å². The fourth-order valence-electron chi connectivity index (χ4n) is 2.43. The first-order valence-corrected chi connectivity index (χ1v) is 6.75. The van der Waals surface area contributed by atoms with Gasteiger partial charge in [-0.05, 0) is 25.6 Å². The molecule has 21 heavy (non-hydrogen) atoms. The van der Waals surface area contributed by atoms with Crippen molar-refractivity contribution in [3.63, 3.8) is 0 Å². The monoisotopic (exact) mass is 283 g/mol. The van der Waals surface area contributed by atoms with Gasteiger partial charge in [0.15, 0.2) is 0 Å². The van der Waals surface area contributed by atoms with Crippen LogP contribution in [0, 0.1) is 6.92 Å². The molecule has 0 bridgehead atoms. The van der Waals surface area contributed by atoms with Gasteiger partial charge in [-0.15, -0.1) is 0 Å². The fraction of sp³-hybridized carbons (Fsp3) is 0.250. The Hall–Kier alpha value is -2.40. The first-order chi connectivity index (χ1) is 10.2. The highest BCUT2D eigenvalue weighted by atomic mass is 16.5. The van der Waals surface area contributed by atoms with Gasteiger partial charge < -0.3 is 14.5 Å². The van der Waals surface area contributed by atoms with Crippen LogP contribution in [-0.2, 0) is 0 Å². The number of fused-ring (bicyclic) bond motifs is 1. The number of nitrogens with zero attached hydrogens (tertiary/aromatic N) is 2. The Labute approximate surface area is 123 Å². The third-order valence-electron chi connectivity index (χ3n) is 3.50. The second-order valence-corrected chi connectivity index (χ2v) is 4.85. The molecule has 0 radical (unpaired) electrons. The molecule has 0 aliphatic rings. The molecular weight excluding hydrogens is 266 g/mol. The Bertz CT molecular complexity index is 767. The van der Waals surface area contributed by atoms with Crippen molar-refractivity contribution in [2.75, 3.05) is 14.2 Å². The summed E-state index contributed by atoms with van der Waals surface area (Å²) >= 11 is 0. The van der Waals surface area contributed by atoms with Crippen molar-refractivity contribution in [3.05, 3.63) is 53.7 Å². The van der Waals surface area contributed by atoms with E-state index in [2.05, 4.69) is 15.3 Å². The van der Waals surface area contributed by atoms with Gasteiger partial charge in [0.25, 0.3) is 0 Å². The van der Waals surface area contributed by atoms with Crippen molar-refractivity contribution >= 4 is 11.0 Å². The van der Waals surface area contributed by atoms with Crippen molar-refractivity contribution in [1.82, 2.24) is 15.3 Å². The summed E-state index contributed by atoms with van der Waals surface area (Å²) in [7, 11) is 3.46. The molecule has 0 aliphatic carbocycles. The highest BCUT2D eigenvalue weighted by molar-refractivity contribution is 5.81. The molecule has 108 valence electrons. The molecule has 1 unspecified atom stereocenters. The Morgan fingerprint density at radius 1 is 1.24 bits per heavy atom. The van der Waals surface area contributed by atoms with Crippen LogP contribution in [0.25, 0.3) is 11.0 Å². The Morgan fingerprint density at radius 3 is 2.81 bits per heavy atom. The zero-order chi connectivity index (χ0) is 14.8. The average molecular weight is 283 g/mol. The molecule has 0 spiro atoms. The van der Waals surface area contributed by atoms with E-state index >= 15 is 0 Å².